The molecule has 1 amide bonds. The minimum Gasteiger partial charge on any atom is -0.497 e. The number of nitrogens with zero attached hydrogens (tertiary/aromatic N) is 3. The van der Waals surface area contributed by atoms with Crippen molar-refractivity contribution in [3.8, 4) is 5.75 Å². The van der Waals surface area contributed by atoms with Crippen LogP contribution in [-0.4, -0.2) is 29.2 Å². The van der Waals surface area contributed by atoms with Gasteiger partial charge < -0.3 is 10.1 Å². The summed E-state index contributed by atoms with van der Waals surface area (Å²) >= 11 is 6.11. The fourth-order valence-electron chi connectivity index (χ4n) is 4.06. The van der Waals surface area contributed by atoms with E-state index in [0.29, 0.717) is 11.4 Å². The summed E-state index contributed by atoms with van der Waals surface area (Å²) in [7, 11) is 1.64. The van der Waals surface area contributed by atoms with Crippen molar-refractivity contribution in [2.75, 3.05) is 12.4 Å². The molecule has 1 aromatic heterocycles. The maximum atomic E-state index is 11.8. The lowest BCUT2D eigenvalue weighted by molar-refractivity contribution is -0.119. The number of fused-ring (bicyclic) bond motifs is 1. The lowest BCUT2D eigenvalue weighted by Crippen LogP contribution is -2.17. The molecule has 1 aliphatic heterocycles. The number of rotatable bonds is 6. The summed E-state index contributed by atoms with van der Waals surface area (Å²) in [5, 5.41) is 11.1. The number of carbonyl (C=O) groups is 1. The van der Waals surface area contributed by atoms with Crippen LogP contribution in [0.25, 0.3) is 10.9 Å². The molecule has 4 aromatic rings. The van der Waals surface area contributed by atoms with Crippen LogP contribution in [0.5, 0.6) is 5.75 Å². The van der Waals surface area contributed by atoms with Crippen LogP contribution in [0.4, 0.5) is 11.4 Å². The normalized spacial score (nSPS) is 15.4. The van der Waals surface area contributed by atoms with Crippen LogP contribution in [0.3, 0.4) is 0 Å². The molecule has 7 heteroatoms. The van der Waals surface area contributed by atoms with Gasteiger partial charge >= 0.3 is 0 Å². The number of hydrogen-bond donors (Lipinski definition) is 1. The Labute approximate surface area is 196 Å². The average molecular weight is 457 g/mol. The Kier molecular flexibility index (Phi) is 5.67. The van der Waals surface area contributed by atoms with Gasteiger partial charge in [0.25, 0.3) is 0 Å². The summed E-state index contributed by atoms with van der Waals surface area (Å²) in [6.45, 7) is 0. The molecule has 0 bridgehead atoms. The second kappa shape index (κ2) is 8.92. The van der Waals surface area contributed by atoms with E-state index >= 15 is 0 Å². The third-order valence-corrected chi connectivity index (χ3v) is 5.96. The predicted molar refractivity (Wildman–Crippen MR) is 131 cm³/mol. The number of benzene rings is 3. The van der Waals surface area contributed by atoms with Crippen LogP contribution in [0, 0.1) is 0 Å². The zero-order valence-corrected chi connectivity index (χ0v) is 18.7. The van der Waals surface area contributed by atoms with Crippen LogP contribution >= 0.6 is 11.6 Å². The highest BCUT2D eigenvalue weighted by molar-refractivity contribution is 6.31. The molecular formula is C26H21ClN4O2. The van der Waals surface area contributed by atoms with E-state index in [0.717, 1.165) is 51.3 Å². The number of pyridine rings is 1. The smallest absolute Gasteiger partial charge is 0.230 e. The number of hydrazone groups is 1. The van der Waals surface area contributed by atoms with Gasteiger partial charge in [-0.3, -0.25) is 9.78 Å². The number of aromatic nitrogens is 1. The van der Waals surface area contributed by atoms with Gasteiger partial charge in [-0.05, 0) is 71.8 Å². The molecule has 0 spiro atoms. The van der Waals surface area contributed by atoms with Gasteiger partial charge in [-0.15, -0.1) is 0 Å². The summed E-state index contributed by atoms with van der Waals surface area (Å²) in [6.07, 6.45) is 3.16. The van der Waals surface area contributed by atoms with Crippen molar-refractivity contribution in [3.05, 3.63) is 95.1 Å². The van der Waals surface area contributed by atoms with Gasteiger partial charge in [0.1, 0.15) is 5.75 Å². The number of carbonyl (C=O) groups excluding carboxylic acids is 1. The number of nitrogens with one attached hydrogen (secondary N) is 1. The van der Waals surface area contributed by atoms with E-state index < -0.39 is 0 Å². The summed E-state index contributed by atoms with van der Waals surface area (Å²) in [5.41, 5.74) is 5.51. The number of anilines is 2. The lowest BCUT2D eigenvalue weighted by Gasteiger charge is -2.19. The van der Waals surface area contributed by atoms with Crippen LogP contribution in [0.15, 0.2) is 84.1 Å². The Bertz CT molecular complexity index is 1350. The van der Waals surface area contributed by atoms with Crippen molar-refractivity contribution < 1.29 is 9.53 Å². The number of amides is 1. The van der Waals surface area contributed by atoms with Gasteiger partial charge in [0, 0.05) is 34.4 Å². The molecule has 0 fully saturated rings. The van der Waals surface area contributed by atoms with E-state index in [1.165, 1.54) is 5.01 Å². The van der Waals surface area contributed by atoms with Crippen molar-refractivity contribution in [2.45, 2.75) is 12.5 Å². The van der Waals surface area contributed by atoms with Crippen LogP contribution in [0.1, 0.15) is 23.6 Å². The van der Waals surface area contributed by atoms with E-state index in [1.54, 1.807) is 13.3 Å². The molecule has 164 valence electrons. The van der Waals surface area contributed by atoms with Gasteiger partial charge in [0.05, 0.1) is 24.4 Å². The highest BCUT2D eigenvalue weighted by Crippen LogP contribution is 2.34. The standard InChI is InChI=1S/C26H21ClN4O2/c1-33-21-8-5-17(6-9-21)24-15-26(31(16-32)30-24)18-3-2-4-20(13-18)29-23-11-12-28-25-14-19(27)7-10-22(23)25/h2-14,16,26H,15H2,1H3,(H,28,29). The van der Waals surface area contributed by atoms with Crippen molar-refractivity contribution in [1.29, 1.82) is 0 Å². The SMILES string of the molecule is COc1ccc(C2=NN(C=O)C(c3cccc(Nc4ccnc5cc(Cl)ccc45)c3)C2)cc1. The number of hydrogen-bond acceptors (Lipinski definition) is 5. The Hall–Kier alpha value is -3.90. The highest BCUT2D eigenvalue weighted by Gasteiger charge is 2.28. The first-order valence-corrected chi connectivity index (χ1v) is 10.9. The molecule has 1 unspecified atom stereocenters. The van der Waals surface area contributed by atoms with Gasteiger partial charge in [-0.1, -0.05) is 23.7 Å². The van der Waals surface area contributed by atoms with E-state index in [1.807, 2.05) is 66.7 Å². The molecule has 1 N–H and O–H groups in total. The van der Waals surface area contributed by atoms with Gasteiger partial charge in [-0.25, -0.2) is 5.01 Å². The zero-order chi connectivity index (χ0) is 22.8. The summed E-state index contributed by atoms with van der Waals surface area (Å²) in [4.78, 5) is 16.2. The molecule has 0 saturated carbocycles. The molecule has 0 aliphatic carbocycles. The van der Waals surface area contributed by atoms with Crippen LogP contribution < -0.4 is 10.1 Å². The molecule has 3 aromatic carbocycles. The number of methoxy groups -OCH3 is 1. The first-order chi connectivity index (χ1) is 16.1. The van der Waals surface area contributed by atoms with Gasteiger partial charge in [0.2, 0.25) is 6.41 Å². The van der Waals surface area contributed by atoms with Crippen LogP contribution in [0.2, 0.25) is 5.02 Å². The molecule has 0 saturated heterocycles. The summed E-state index contributed by atoms with van der Waals surface area (Å²) in [5.74, 6) is 0.783. The minimum absolute atomic E-state index is 0.172. The fourth-order valence-corrected chi connectivity index (χ4v) is 4.23. The maximum absolute atomic E-state index is 11.8. The van der Waals surface area contributed by atoms with Crippen LogP contribution in [-0.2, 0) is 4.79 Å². The fraction of sp³-hybridized carbons (Fsp3) is 0.115. The van der Waals surface area contributed by atoms with Crippen molar-refractivity contribution >= 4 is 46.0 Å². The highest BCUT2D eigenvalue weighted by atomic mass is 35.5. The monoisotopic (exact) mass is 456 g/mol. The molecular weight excluding hydrogens is 436 g/mol. The predicted octanol–water partition coefficient (Wildman–Crippen LogP) is 5.95. The largest absolute Gasteiger partial charge is 0.497 e. The first kappa shape index (κ1) is 21.0. The van der Waals surface area contributed by atoms with E-state index in [9.17, 15) is 4.79 Å². The van der Waals surface area contributed by atoms with E-state index in [4.69, 9.17) is 16.3 Å². The molecule has 1 atom stereocenters. The Morgan fingerprint density at radius 1 is 1.09 bits per heavy atom. The third-order valence-electron chi connectivity index (χ3n) is 5.73. The zero-order valence-electron chi connectivity index (χ0n) is 17.9. The molecule has 6 nitrogen and oxygen atoms in total. The van der Waals surface area contributed by atoms with E-state index in [2.05, 4.69) is 21.5 Å². The number of ether oxygens (including phenoxy) is 1. The Morgan fingerprint density at radius 3 is 2.73 bits per heavy atom. The van der Waals surface area contributed by atoms with E-state index in [-0.39, 0.29) is 6.04 Å². The van der Waals surface area contributed by atoms with Gasteiger partial charge in [-0.2, -0.15) is 5.10 Å². The Morgan fingerprint density at radius 2 is 1.94 bits per heavy atom. The van der Waals surface area contributed by atoms with Gasteiger partial charge in [0.15, 0.2) is 0 Å². The molecule has 1 aliphatic rings. The third kappa shape index (κ3) is 4.25. The maximum Gasteiger partial charge on any atom is 0.230 e. The van der Waals surface area contributed by atoms with Crippen molar-refractivity contribution in [2.24, 2.45) is 5.10 Å². The molecule has 5 rings (SSSR count). The minimum atomic E-state index is -0.172. The van der Waals surface area contributed by atoms with Crippen molar-refractivity contribution in [3.63, 3.8) is 0 Å². The Balaban J connectivity index is 1.40. The van der Waals surface area contributed by atoms with Crippen molar-refractivity contribution in [1.82, 2.24) is 9.99 Å². The average Bonchev–Trinajstić information content (AvgIpc) is 3.29. The lowest BCUT2D eigenvalue weighted by atomic mass is 9.98. The molecule has 2 heterocycles. The number of halogens is 1. The molecule has 33 heavy (non-hydrogen) atoms. The first-order valence-electron chi connectivity index (χ1n) is 10.5. The quantitative estimate of drug-likeness (QED) is 0.364. The summed E-state index contributed by atoms with van der Waals surface area (Å²) < 4.78 is 5.24. The molecule has 0 radical (unpaired) electrons. The second-order valence-electron chi connectivity index (χ2n) is 7.75. The second-order valence-corrected chi connectivity index (χ2v) is 8.19. The topological polar surface area (TPSA) is 66.8 Å². The summed E-state index contributed by atoms with van der Waals surface area (Å²) in [6, 6.07) is 23.2.